The third kappa shape index (κ3) is 4.94. The van der Waals surface area contributed by atoms with E-state index >= 15 is 0 Å². The highest BCUT2D eigenvalue weighted by molar-refractivity contribution is 5.77. The Bertz CT molecular complexity index is 200. The maximum absolute atomic E-state index is 11.5. The van der Waals surface area contributed by atoms with E-state index in [1.54, 1.807) is 0 Å². The Labute approximate surface area is 98.6 Å². The zero-order chi connectivity index (χ0) is 11.8. The number of amides is 1. The van der Waals surface area contributed by atoms with Gasteiger partial charge in [0.05, 0.1) is 6.54 Å². The molecule has 4 nitrogen and oxygen atoms in total. The van der Waals surface area contributed by atoms with E-state index in [0.29, 0.717) is 25.7 Å². The van der Waals surface area contributed by atoms with Gasteiger partial charge in [-0.1, -0.05) is 25.7 Å². The number of hydrogen-bond donors (Lipinski definition) is 2. The van der Waals surface area contributed by atoms with E-state index in [1.165, 1.54) is 38.5 Å². The quantitative estimate of drug-likeness (QED) is 0.680. The van der Waals surface area contributed by atoms with E-state index in [1.807, 2.05) is 0 Å². The molecule has 0 aliphatic heterocycles. The molecule has 0 aromatic heterocycles. The van der Waals surface area contributed by atoms with Crippen LogP contribution in [0.25, 0.3) is 0 Å². The average molecular weight is 227 g/mol. The van der Waals surface area contributed by atoms with Gasteiger partial charge in [0, 0.05) is 19.1 Å². The molecule has 0 spiro atoms. The van der Waals surface area contributed by atoms with Crippen molar-refractivity contribution in [1.82, 2.24) is 10.2 Å². The second-order valence-electron chi connectivity index (χ2n) is 4.70. The standard InChI is InChI=1S/C12H25N3O/c1-15(10-12(16)14-9-8-13)11-6-4-2-3-5-7-11/h11H,2-10,13H2,1H3,(H,14,16). The van der Waals surface area contributed by atoms with Gasteiger partial charge in [-0.3, -0.25) is 9.69 Å². The summed E-state index contributed by atoms with van der Waals surface area (Å²) < 4.78 is 0. The average Bonchev–Trinajstić information content (AvgIpc) is 2.54. The lowest BCUT2D eigenvalue weighted by molar-refractivity contribution is -0.122. The van der Waals surface area contributed by atoms with Gasteiger partial charge in [-0.15, -0.1) is 0 Å². The Morgan fingerprint density at radius 1 is 1.31 bits per heavy atom. The van der Waals surface area contributed by atoms with Crippen LogP contribution in [0.2, 0.25) is 0 Å². The monoisotopic (exact) mass is 227 g/mol. The molecule has 0 atom stereocenters. The van der Waals surface area contributed by atoms with Crippen molar-refractivity contribution in [3.8, 4) is 0 Å². The highest BCUT2D eigenvalue weighted by Crippen LogP contribution is 2.20. The second-order valence-corrected chi connectivity index (χ2v) is 4.70. The number of carbonyl (C=O) groups is 1. The van der Waals surface area contributed by atoms with Crippen molar-refractivity contribution in [2.75, 3.05) is 26.7 Å². The molecule has 1 saturated carbocycles. The summed E-state index contributed by atoms with van der Waals surface area (Å²) in [6.45, 7) is 1.60. The van der Waals surface area contributed by atoms with E-state index in [9.17, 15) is 4.79 Å². The molecule has 0 heterocycles. The molecule has 0 aromatic rings. The summed E-state index contributed by atoms with van der Waals surface area (Å²) in [6, 6.07) is 0.589. The van der Waals surface area contributed by atoms with Crippen LogP contribution in [0.15, 0.2) is 0 Å². The highest BCUT2D eigenvalue weighted by atomic mass is 16.2. The topological polar surface area (TPSA) is 58.4 Å². The normalized spacial score (nSPS) is 18.4. The van der Waals surface area contributed by atoms with E-state index in [-0.39, 0.29) is 5.91 Å². The van der Waals surface area contributed by atoms with E-state index in [0.717, 1.165) is 0 Å². The molecule has 94 valence electrons. The lowest BCUT2D eigenvalue weighted by Gasteiger charge is -2.26. The number of likely N-dealkylation sites (N-methyl/N-ethyl adjacent to an activating group) is 1. The number of nitrogens with two attached hydrogens (primary N) is 1. The lowest BCUT2D eigenvalue weighted by Crippen LogP contribution is -2.41. The maximum atomic E-state index is 11.5. The molecule has 1 fully saturated rings. The minimum Gasteiger partial charge on any atom is -0.354 e. The maximum Gasteiger partial charge on any atom is 0.234 e. The zero-order valence-electron chi connectivity index (χ0n) is 10.4. The molecule has 1 aliphatic carbocycles. The van der Waals surface area contributed by atoms with Crippen LogP contribution in [0.4, 0.5) is 0 Å². The molecule has 1 amide bonds. The first-order valence-corrected chi connectivity index (χ1v) is 6.41. The number of nitrogens with zero attached hydrogens (tertiary/aromatic N) is 1. The first-order chi connectivity index (χ1) is 7.74. The molecular formula is C12H25N3O. The van der Waals surface area contributed by atoms with Crippen LogP contribution in [0.5, 0.6) is 0 Å². The van der Waals surface area contributed by atoms with Crippen molar-refractivity contribution in [2.45, 2.75) is 44.6 Å². The smallest absolute Gasteiger partial charge is 0.234 e. The van der Waals surface area contributed by atoms with Gasteiger partial charge in [0.1, 0.15) is 0 Å². The third-order valence-corrected chi connectivity index (χ3v) is 3.31. The fourth-order valence-corrected chi connectivity index (χ4v) is 2.32. The Hall–Kier alpha value is -0.610. The van der Waals surface area contributed by atoms with Gasteiger partial charge in [0.25, 0.3) is 0 Å². The minimum atomic E-state index is 0.0946. The Balaban J connectivity index is 2.26. The lowest BCUT2D eigenvalue weighted by atomic mass is 10.1. The Morgan fingerprint density at radius 2 is 1.94 bits per heavy atom. The predicted molar refractivity (Wildman–Crippen MR) is 66.2 cm³/mol. The van der Waals surface area contributed by atoms with E-state index < -0.39 is 0 Å². The van der Waals surface area contributed by atoms with Crippen LogP contribution in [0.1, 0.15) is 38.5 Å². The molecular weight excluding hydrogens is 202 g/mol. The van der Waals surface area contributed by atoms with Crippen molar-refractivity contribution in [3.63, 3.8) is 0 Å². The minimum absolute atomic E-state index is 0.0946. The molecule has 0 radical (unpaired) electrons. The SMILES string of the molecule is CN(CC(=O)NCCN)C1CCCCCC1. The van der Waals surface area contributed by atoms with Crippen LogP contribution in [0, 0.1) is 0 Å². The number of nitrogens with one attached hydrogen (secondary N) is 1. The van der Waals surface area contributed by atoms with Gasteiger partial charge in [-0.05, 0) is 19.9 Å². The van der Waals surface area contributed by atoms with Gasteiger partial charge >= 0.3 is 0 Å². The van der Waals surface area contributed by atoms with Crippen molar-refractivity contribution >= 4 is 5.91 Å². The molecule has 4 heteroatoms. The van der Waals surface area contributed by atoms with Crippen LogP contribution >= 0.6 is 0 Å². The van der Waals surface area contributed by atoms with Crippen molar-refractivity contribution in [2.24, 2.45) is 5.73 Å². The molecule has 1 rings (SSSR count). The summed E-state index contributed by atoms with van der Waals surface area (Å²) >= 11 is 0. The van der Waals surface area contributed by atoms with E-state index in [2.05, 4.69) is 17.3 Å². The summed E-state index contributed by atoms with van der Waals surface area (Å²) in [5.41, 5.74) is 5.34. The molecule has 0 unspecified atom stereocenters. The van der Waals surface area contributed by atoms with Crippen molar-refractivity contribution in [1.29, 1.82) is 0 Å². The van der Waals surface area contributed by atoms with Gasteiger partial charge in [-0.25, -0.2) is 0 Å². The van der Waals surface area contributed by atoms with Crippen molar-refractivity contribution < 1.29 is 4.79 Å². The molecule has 1 aliphatic rings. The van der Waals surface area contributed by atoms with Crippen LogP contribution in [-0.2, 0) is 4.79 Å². The highest BCUT2D eigenvalue weighted by Gasteiger charge is 2.18. The van der Waals surface area contributed by atoms with Gasteiger partial charge in [0.2, 0.25) is 5.91 Å². The fraction of sp³-hybridized carbons (Fsp3) is 0.917. The number of hydrogen-bond acceptors (Lipinski definition) is 3. The van der Waals surface area contributed by atoms with Gasteiger partial charge < -0.3 is 11.1 Å². The first kappa shape index (κ1) is 13.5. The number of carbonyl (C=O) groups excluding carboxylic acids is 1. The molecule has 3 N–H and O–H groups in total. The Morgan fingerprint density at radius 3 is 2.50 bits per heavy atom. The van der Waals surface area contributed by atoms with E-state index in [4.69, 9.17) is 5.73 Å². The van der Waals surface area contributed by atoms with Gasteiger partial charge in [0.15, 0.2) is 0 Å². The van der Waals surface area contributed by atoms with Crippen molar-refractivity contribution in [3.05, 3.63) is 0 Å². The fourth-order valence-electron chi connectivity index (χ4n) is 2.32. The summed E-state index contributed by atoms with van der Waals surface area (Å²) in [5.74, 6) is 0.0946. The molecule has 0 saturated heterocycles. The molecule has 0 bridgehead atoms. The largest absolute Gasteiger partial charge is 0.354 e. The van der Waals surface area contributed by atoms with Crippen LogP contribution in [0.3, 0.4) is 0 Å². The molecule has 16 heavy (non-hydrogen) atoms. The third-order valence-electron chi connectivity index (χ3n) is 3.31. The number of rotatable bonds is 5. The predicted octanol–water partition coefficient (Wildman–Crippen LogP) is 0.716. The van der Waals surface area contributed by atoms with Gasteiger partial charge in [-0.2, -0.15) is 0 Å². The summed E-state index contributed by atoms with van der Waals surface area (Å²) in [6.07, 6.45) is 7.79. The summed E-state index contributed by atoms with van der Waals surface area (Å²) in [7, 11) is 2.05. The van der Waals surface area contributed by atoms with Crippen LogP contribution < -0.4 is 11.1 Å². The first-order valence-electron chi connectivity index (χ1n) is 6.41. The summed E-state index contributed by atoms with van der Waals surface area (Å²) in [5, 5.41) is 2.81. The van der Waals surface area contributed by atoms with Crippen LogP contribution in [-0.4, -0.2) is 43.5 Å². The Kier molecular flexibility index (Phi) is 6.42. The summed E-state index contributed by atoms with van der Waals surface area (Å²) in [4.78, 5) is 13.7. The zero-order valence-corrected chi connectivity index (χ0v) is 10.4. The second kappa shape index (κ2) is 7.63. The molecule has 0 aromatic carbocycles.